The zero-order valence-corrected chi connectivity index (χ0v) is 18.9. The molecule has 1 fully saturated rings. The van der Waals surface area contributed by atoms with Crippen LogP contribution in [0.1, 0.15) is 36.6 Å². The van der Waals surface area contributed by atoms with Crippen LogP contribution in [0, 0.1) is 0 Å². The monoisotopic (exact) mass is 506 g/mol. The highest BCUT2D eigenvalue weighted by Crippen LogP contribution is 2.47. The van der Waals surface area contributed by atoms with Crippen LogP contribution in [0.2, 0.25) is 0 Å². The van der Waals surface area contributed by atoms with Crippen molar-refractivity contribution >= 4 is 38.9 Å². The Balaban J connectivity index is 1.53. The van der Waals surface area contributed by atoms with Crippen molar-refractivity contribution in [3.05, 3.63) is 34.1 Å². The molecule has 6 nitrogen and oxygen atoms in total. The van der Waals surface area contributed by atoms with Crippen molar-refractivity contribution in [2.75, 3.05) is 26.1 Å². The number of nitrogens with one attached hydrogen (secondary N) is 2. The molecule has 1 saturated carbocycles. The highest BCUT2D eigenvalue weighted by molar-refractivity contribution is 9.10. The lowest BCUT2D eigenvalue weighted by Crippen LogP contribution is -2.30. The highest BCUT2D eigenvalue weighted by atomic mass is 79.9. The van der Waals surface area contributed by atoms with Gasteiger partial charge in [0.2, 0.25) is 0 Å². The summed E-state index contributed by atoms with van der Waals surface area (Å²) in [6.45, 7) is 0.856. The van der Waals surface area contributed by atoms with Crippen molar-refractivity contribution in [3.63, 3.8) is 0 Å². The molecule has 1 aromatic heterocycles. The first-order chi connectivity index (χ1) is 14.2. The summed E-state index contributed by atoms with van der Waals surface area (Å²) in [5.74, 6) is 1.32. The van der Waals surface area contributed by atoms with E-state index in [-0.39, 0.29) is 10.4 Å². The second kappa shape index (κ2) is 9.42. The number of nitrogens with zero attached hydrogens (tertiary/aromatic N) is 2. The third-order valence-corrected chi connectivity index (χ3v) is 5.67. The molecule has 1 aromatic carbocycles. The maximum Gasteiger partial charge on any atom is 0.436 e. The number of methoxy groups -OCH3 is 2. The number of aromatic nitrogens is 2. The molecule has 1 aliphatic carbocycles. The minimum Gasteiger partial charge on any atom is -0.493 e. The van der Waals surface area contributed by atoms with Gasteiger partial charge < -0.3 is 20.1 Å². The molecule has 3 rings (SSSR count). The summed E-state index contributed by atoms with van der Waals surface area (Å²) < 4.78 is 51.5. The predicted molar refractivity (Wildman–Crippen MR) is 115 cm³/mol. The first-order valence-electron chi connectivity index (χ1n) is 9.34. The van der Waals surface area contributed by atoms with E-state index in [9.17, 15) is 13.2 Å². The van der Waals surface area contributed by atoms with Crippen LogP contribution < -0.4 is 20.1 Å². The number of hydrogen-bond acceptors (Lipinski definition) is 4. The molecule has 1 aliphatic rings. The first kappa shape index (κ1) is 22.7. The van der Waals surface area contributed by atoms with Gasteiger partial charge in [0.1, 0.15) is 0 Å². The van der Waals surface area contributed by atoms with Gasteiger partial charge >= 0.3 is 6.18 Å². The molecule has 2 N–H and O–H groups in total. The summed E-state index contributed by atoms with van der Waals surface area (Å²) in [5.41, 5.74) is 0.503. The summed E-state index contributed by atoms with van der Waals surface area (Å²) in [6.07, 6.45) is -2.13. The normalized spacial score (nSPS) is 13.8. The Morgan fingerprint density at radius 3 is 2.57 bits per heavy atom. The fourth-order valence-corrected chi connectivity index (χ4v) is 4.12. The second-order valence-electron chi connectivity index (χ2n) is 6.85. The van der Waals surface area contributed by atoms with Gasteiger partial charge in [-0.05, 0) is 59.5 Å². The number of alkyl halides is 3. The summed E-state index contributed by atoms with van der Waals surface area (Å²) in [5, 5.41) is 10.3. The molecule has 30 heavy (non-hydrogen) atoms. The zero-order valence-electron chi connectivity index (χ0n) is 16.5. The van der Waals surface area contributed by atoms with Crippen LogP contribution in [0.5, 0.6) is 11.5 Å². The third kappa shape index (κ3) is 5.37. The number of anilines is 1. The molecule has 164 valence electrons. The van der Waals surface area contributed by atoms with E-state index in [1.807, 2.05) is 0 Å². The van der Waals surface area contributed by atoms with E-state index in [0.29, 0.717) is 41.8 Å². The fraction of sp³-hybridized carbons (Fsp3) is 0.474. The number of hydrogen-bond donors (Lipinski definition) is 2. The van der Waals surface area contributed by atoms with E-state index >= 15 is 0 Å². The van der Waals surface area contributed by atoms with Crippen molar-refractivity contribution in [1.82, 2.24) is 15.1 Å². The number of aryl methyl sites for hydroxylation is 1. The van der Waals surface area contributed by atoms with E-state index in [0.717, 1.165) is 18.5 Å². The lowest BCUT2D eigenvalue weighted by molar-refractivity contribution is -0.142. The summed E-state index contributed by atoms with van der Waals surface area (Å²) in [6, 6.07) is 5.32. The Kier molecular flexibility index (Phi) is 7.12. The van der Waals surface area contributed by atoms with Gasteiger partial charge in [0.05, 0.1) is 24.4 Å². The van der Waals surface area contributed by atoms with Gasteiger partial charge in [0.25, 0.3) is 0 Å². The Bertz CT molecular complexity index is 916. The van der Waals surface area contributed by atoms with Crippen molar-refractivity contribution in [3.8, 4) is 11.5 Å². The fourth-order valence-electron chi connectivity index (χ4n) is 3.07. The average molecular weight is 507 g/mol. The lowest BCUT2D eigenvalue weighted by atomic mass is 10.2. The minimum atomic E-state index is -4.48. The molecular weight excluding hydrogens is 485 g/mol. The Hall–Kier alpha value is -2.01. The Morgan fingerprint density at radius 2 is 1.97 bits per heavy atom. The summed E-state index contributed by atoms with van der Waals surface area (Å²) in [7, 11) is 3.10. The number of rotatable bonds is 8. The SMILES string of the molecule is COc1ccc(NC(=S)NCCCn2nc(C(F)(F)F)c(Br)c2C2CC2)cc1OC. The molecular formula is C19H22BrF3N4O2S. The number of thiocarbonyl (C=S) groups is 1. The zero-order chi connectivity index (χ0) is 21.9. The standard InChI is InChI=1S/C19H22BrF3N4O2S/c1-28-13-7-6-12(10-14(13)29-2)25-18(30)24-8-3-9-27-16(11-4-5-11)15(20)17(26-27)19(21,22)23/h6-7,10-11H,3-5,8-9H2,1-2H3,(H2,24,25,30). The summed E-state index contributed by atoms with van der Waals surface area (Å²) in [4.78, 5) is 0. The molecule has 1 heterocycles. The minimum absolute atomic E-state index is 0.0658. The molecule has 0 atom stereocenters. The third-order valence-electron chi connectivity index (χ3n) is 4.64. The van der Waals surface area contributed by atoms with Gasteiger partial charge in [-0.1, -0.05) is 0 Å². The van der Waals surface area contributed by atoms with Crippen LogP contribution in [-0.2, 0) is 12.7 Å². The van der Waals surface area contributed by atoms with Crippen molar-refractivity contribution in [2.45, 2.75) is 37.9 Å². The molecule has 0 radical (unpaired) electrons. The number of ether oxygens (including phenoxy) is 2. The van der Waals surface area contributed by atoms with E-state index in [4.69, 9.17) is 21.7 Å². The van der Waals surface area contributed by atoms with Crippen LogP contribution in [-0.4, -0.2) is 35.7 Å². The van der Waals surface area contributed by atoms with Crippen LogP contribution in [0.15, 0.2) is 22.7 Å². The van der Waals surface area contributed by atoms with Crippen molar-refractivity contribution in [1.29, 1.82) is 0 Å². The molecule has 0 aliphatic heterocycles. The van der Waals surface area contributed by atoms with E-state index in [1.165, 1.54) is 4.68 Å². The topological polar surface area (TPSA) is 60.3 Å². The molecule has 0 amide bonds. The lowest BCUT2D eigenvalue weighted by Gasteiger charge is -2.13. The molecule has 0 unspecified atom stereocenters. The molecule has 0 spiro atoms. The van der Waals surface area contributed by atoms with Gasteiger partial charge in [-0.3, -0.25) is 4.68 Å². The quantitative estimate of drug-likeness (QED) is 0.390. The van der Waals surface area contributed by atoms with Gasteiger partial charge in [-0.2, -0.15) is 18.3 Å². The van der Waals surface area contributed by atoms with E-state index in [2.05, 4.69) is 31.7 Å². The average Bonchev–Trinajstić information content (AvgIpc) is 3.47. The van der Waals surface area contributed by atoms with Gasteiger partial charge in [-0.25, -0.2) is 0 Å². The largest absolute Gasteiger partial charge is 0.493 e. The summed E-state index contributed by atoms with van der Waals surface area (Å²) >= 11 is 8.39. The Labute approximate surface area is 186 Å². The van der Waals surface area contributed by atoms with Crippen LogP contribution in [0.4, 0.5) is 18.9 Å². The second-order valence-corrected chi connectivity index (χ2v) is 8.05. The van der Waals surface area contributed by atoms with Crippen LogP contribution in [0.25, 0.3) is 0 Å². The van der Waals surface area contributed by atoms with Crippen LogP contribution in [0.3, 0.4) is 0 Å². The maximum absolute atomic E-state index is 13.2. The number of benzene rings is 1. The van der Waals surface area contributed by atoms with Crippen molar-refractivity contribution < 1.29 is 22.6 Å². The molecule has 11 heteroatoms. The number of halogens is 4. The smallest absolute Gasteiger partial charge is 0.436 e. The Morgan fingerprint density at radius 1 is 1.27 bits per heavy atom. The van der Waals surface area contributed by atoms with Gasteiger partial charge in [0.15, 0.2) is 22.3 Å². The maximum atomic E-state index is 13.2. The van der Waals surface area contributed by atoms with Gasteiger partial charge in [-0.15, -0.1) is 0 Å². The molecule has 2 aromatic rings. The van der Waals surface area contributed by atoms with E-state index < -0.39 is 11.9 Å². The van der Waals surface area contributed by atoms with E-state index in [1.54, 1.807) is 32.4 Å². The molecule has 0 saturated heterocycles. The highest BCUT2D eigenvalue weighted by Gasteiger charge is 2.41. The molecule has 0 bridgehead atoms. The van der Waals surface area contributed by atoms with Gasteiger partial charge in [0, 0.05) is 30.8 Å². The van der Waals surface area contributed by atoms with Crippen LogP contribution >= 0.6 is 28.1 Å². The first-order valence-corrected chi connectivity index (χ1v) is 10.5. The predicted octanol–water partition coefficient (Wildman–Crippen LogP) is 4.94. The van der Waals surface area contributed by atoms with Crippen molar-refractivity contribution in [2.24, 2.45) is 0 Å².